The highest BCUT2D eigenvalue weighted by Gasteiger charge is 2.05. The SMILES string of the molecule is Cc1ncc2[nH]c(C(C)C)cc2n1. The normalized spacial score (nSPS) is 11.4. The van der Waals surface area contributed by atoms with Gasteiger partial charge in [-0.15, -0.1) is 0 Å². The summed E-state index contributed by atoms with van der Waals surface area (Å²) in [7, 11) is 0. The molecule has 0 spiro atoms. The third-order valence-electron chi connectivity index (χ3n) is 2.13. The number of H-pyrrole nitrogens is 1. The molecule has 2 heterocycles. The molecule has 0 bridgehead atoms. The molecular formula is C10H13N3. The van der Waals surface area contributed by atoms with Gasteiger partial charge in [0.05, 0.1) is 17.2 Å². The molecule has 0 aliphatic heterocycles. The molecule has 0 aliphatic carbocycles. The van der Waals surface area contributed by atoms with Gasteiger partial charge in [-0.3, -0.25) is 0 Å². The van der Waals surface area contributed by atoms with E-state index in [-0.39, 0.29) is 0 Å². The number of nitrogens with zero attached hydrogens (tertiary/aromatic N) is 2. The maximum atomic E-state index is 4.34. The van der Waals surface area contributed by atoms with Gasteiger partial charge in [-0.1, -0.05) is 13.8 Å². The summed E-state index contributed by atoms with van der Waals surface area (Å²) in [6.07, 6.45) is 1.84. The van der Waals surface area contributed by atoms with Gasteiger partial charge in [0.25, 0.3) is 0 Å². The van der Waals surface area contributed by atoms with Crippen molar-refractivity contribution >= 4 is 11.0 Å². The van der Waals surface area contributed by atoms with Gasteiger partial charge in [-0.2, -0.15) is 0 Å². The van der Waals surface area contributed by atoms with Crippen LogP contribution in [0.3, 0.4) is 0 Å². The van der Waals surface area contributed by atoms with Crippen LogP contribution in [0.1, 0.15) is 31.3 Å². The van der Waals surface area contributed by atoms with E-state index in [2.05, 4.69) is 34.9 Å². The van der Waals surface area contributed by atoms with Crippen LogP contribution >= 0.6 is 0 Å². The lowest BCUT2D eigenvalue weighted by Crippen LogP contribution is -1.85. The lowest BCUT2D eigenvalue weighted by Gasteiger charge is -1.97. The molecule has 0 atom stereocenters. The third-order valence-corrected chi connectivity index (χ3v) is 2.13. The Balaban J connectivity index is 2.62. The first kappa shape index (κ1) is 8.23. The summed E-state index contributed by atoms with van der Waals surface area (Å²) in [5.41, 5.74) is 3.25. The Morgan fingerprint density at radius 1 is 1.38 bits per heavy atom. The largest absolute Gasteiger partial charge is 0.356 e. The Morgan fingerprint density at radius 2 is 2.15 bits per heavy atom. The zero-order valence-corrected chi connectivity index (χ0v) is 8.13. The van der Waals surface area contributed by atoms with E-state index in [0.29, 0.717) is 5.92 Å². The zero-order chi connectivity index (χ0) is 9.42. The molecule has 0 amide bonds. The van der Waals surface area contributed by atoms with Crippen molar-refractivity contribution in [3.8, 4) is 0 Å². The summed E-state index contributed by atoms with van der Waals surface area (Å²) >= 11 is 0. The fraction of sp³-hybridized carbons (Fsp3) is 0.400. The van der Waals surface area contributed by atoms with E-state index in [0.717, 1.165) is 16.9 Å². The number of rotatable bonds is 1. The summed E-state index contributed by atoms with van der Waals surface area (Å²) < 4.78 is 0. The van der Waals surface area contributed by atoms with Crippen LogP contribution in [0, 0.1) is 6.92 Å². The van der Waals surface area contributed by atoms with Crippen molar-refractivity contribution in [2.45, 2.75) is 26.7 Å². The summed E-state index contributed by atoms with van der Waals surface area (Å²) in [5.74, 6) is 1.33. The van der Waals surface area contributed by atoms with Crippen LogP contribution in [0.5, 0.6) is 0 Å². The van der Waals surface area contributed by atoms with Gasteiger partial charge in [0, 0.05) is 5.69 Å². The van der Waals surface area contributed by atoms with Crippen LogP contribution in [0.25, 0.3) is 11.0 Å². The summed E-state index contributed by atoms with van der Waals surface area (Å²) in [5, 5.41) is 0. The van der Waals surface area contributed by atoms with Crippen molar-refractivity contribution in [3.05, 3.63) is 23.8 Å². The molecule has 68 valence electrons. The molecule has 2 rings (SSSR count). The molecule has 2 aromatic heterocycles. The molecule has 13 heavy (non-hydrogen) atoms. The van der Waals surface area contributed by atoms with Gasteiger partial charge >= 0.3 is 0 Å². The van der Waals surface area contributed by atoms with E-state index in [1.54, 1.807) is 0 Å². The monoisotopic (exact) mass is 175 g/mol. The second-order valence-electron chi connectivity index (χ2n) is 3.60. The Kier molecular flexibility index (Phi) is 1.79. The number of aromatic amines is 1. The van der Waals surface area contributed by atoms with Gasteiger partial charge in [-0.25, -0.2) is 9.97 Å². The van der Waals surface area contributed by atoms with E-state index in [4.69, 9.17) is 0 Å². The Bertz CT molecular complexity index is 429. The molecule has 0 saturated carbocycles. The van der Waals surface area contributed by atoms with Gasteiger partial charge in [0.15, 0.2) is 0 Å². The molecule has 3 heteroatoms. The molecule has 0 fully saturated rings. The smallest absolute Gasteiger partial charge is 0.126 e. The molecule has 2 aromatic rings. The predicted molar refractivity (Wildman–Crippen MR) is 52.7 cm³/mol. The van der Waals surface area contributed by atoms with E-state index in [9.17, 15) is 0 Å². The summed E-state index contributed by atoms with van der Waals surface area (Å²) in [4.78, 5) is 11.8. The molecular weight excluding hydrogens is 162 g/mol. The van der Waals surface area contributed by atoms with E-state index in [1.165, 1.54) is 5.69 Å². The van der Waals surface area contributed by atoms with Crippen LogP contribution in [-0.2, 0) is 0 Å². The van der Waals surface area contributed by atoms with Crippen LogP contribution in [0.4, 0.5) is 0 Å². The lowest BCUT2D eigenvalue weighted by atomic mass is 10.1. The van der Waals surface area contributed by atoms with Crippen molar-refractivity contribution in [1.82, 2.24) is 15.0 Å². The summed E-state index contributed by atoms with van der Waals surface area (Å²) in [6, 6.07) is 2.09. The third kappa shape index (κ3) is 1.41. The second-order valence-corrected chi connectivity index (χ2v) is 3.60. The molecule has 0 unspecified atom stereocenters. The highest BCUT2D eigenvalue weighted by atomic mass is 14.9. The standard InChI is InChI=1S/C10H13N3/c1-6(2)8-4-9-10(13-8)5-11-7(3)12-9/h4-6,13H,1-3H3. The number of nitrogens with one attached hydrogen (secondary N) is 1. The van der Waals surface area contributed by atoms with E-state index >= 15 is 0 Å². The highest BCUT2D eigenvalue weighted by Crippen LogP contribution is 2.18. The Hall–Kier alpha value is -1.38. The van der Waals surface area contributed by atoms with Gasteiger partial charge in [0.1, 0.15) is 5.82 Å². The van der Waals surface area contributed by atoms with Gasteiger partial charge < -0.3 is 4.98 Å². The average Bonchev–Trinajstić information content (AvgIpc) is 2.46. The minimum atomic E-state index is 0.509. The van der Waals surface area contributed by atoms with Crippen molar-refractivity contribution in [1.29, 1.82) is 0 Å². The fourth-order valence-electron chi connectivity index (χ4n) is 1.34. The zero-order valence-electron chi connectivity index (χ0n) is 8.13. The molecule has 1 N–H and O–H groups in total. The number of fused-ring (bicyclic) bond motifs is 1. The molecule has 0 saturated heterocycles. The first-order valence-electron chi connectivity index (χ1n) is 4.49. The molecule has 0 radical (unpaired) electrons. The Morgan fingerprint density at radius 3 is 2.85 bits per heavy atom. The number of hydrogen-bond donors (Lipinski definition) is 1. The highest BCUT2D eigenvalue weighted by molar-refractivity contribution is 5.75. The quantitative estimate of drug-likeness (QED) is 0.723. The van der Waals surface area contributed by atoms with E-state index < -0.39 is 0 Å². The maximum absolute atomic E-state index is 4.34. The minimum Gasteiger partial charge on any atom is -0.356 e. The lowest BCUT2D eigenvalue weighted by molar-refractivity contribution is 0.836. The molecule has 0 aliphatic rings. The minimum absolute atomic E-state index is 0.509. The van der Waals surface area contributed by atoms with E-state index in [1.807, 2.05) is 13.1 Å². The van der Waals surface area contributed by atoms with Gasteiger partial charge in [-0.05, 0) is 18.9 Å². The summed E-state index contributed by atoms with van der Waals surface area (Å²) in [6.45, 7) is 6.22. The first-order chi connectivity index (χ1) is 6.16. The average molecular weight is 175 g/mol. The Labute approximate surface area is 77.2 Å². The fourth-order valence-corrected chi connectivity index (χ4v) is 1.34. The molecule has 3 nitrogen and oxygen atoms in total. The van der Waals surface area contributed by atoms with Crippen molar-refractivity contribution in [2.75, 3.05) is 0 Å². The van der Waals surface area contributed by atoms with Crippen molar-refractivity contribution < 1.29 is 0 Å². The van der Waals surface area contributed by atoms with Crippen LogP contribution in [0.15, 0.2) is 12.3 Å². The number of aryl methyl sites for hydroxylation is 1. The van der Waals surface area contributed by atoms with Crippen LogP contribution in [0.2, 0.25) is 0 Å². The first-order valence-corrected chi connectivity index (χ1v) is 4.49. The van der Waals surface area contributed by atoms with Crippen LogP contribution in [-0.4, -0.2) is 15.0 Å². The topological polar surface area (TPSA) is 41.6 Å². The number of hydrogen-bond acceptors (Lipinski definition) is 2. The maximum Gasteiger partial charge on any atom is 0.126 e. The number of aromatic nitrogens is 3. The van der Waals surface area contributed by atoms with Crippen molar-refractivity contribution in [2.24, 2.45) is 0 Å². The predicted octanol–water partition coefficient (Wildman–Crippen LogP) is 2.39. The second kappa shape index (κ2) is 2.83. The van der Waals surface area contributed by atoms with Crippen molar-refractivity contribution in [3.63, 3.8) is 0 Å². The van der Waals surface area contributed by atoms with Crippen LogP contribution < -0.4 is 0 Å². The molecule has 0 aromatic carbocycles. The van der Waals surface area contributed by atoms with Gasteiger partial charge in [0.2, 0.25) is 0 Å².